The van der Waals surface area contributed by atoms with E-state index in [0.717, 1.165) is 16.9 Å². The molecule has 3 heterocycles. The molecule has 1 N–H and O–H groups in total. The topological polar surface area (TPSA) is 33.1 Å². The quantitative estimate of drug-likeness (QED) is 0.661. The number of aromatic nitrogens is 2. The summed E-state index contributed by atoms with van der Waals surface area (Å²) in [5, 5.41) is 4.02. The highest BCUT2D eigenvalue weighted by atomic mass is 32.1. The van der Waals surface area contributed by atoms with E-state index in [1.807, 2.05) is 23.1 Å². The Bertz CT molecular complexity index is 936. The Morgan fingerprint density at radius 1 is 1.11 bits per heavy atom. The molecule has 1 aliphatic heterocycles. The zero-order chi connectivity index (χ0) is 19.0. The van der Waals surface area contributed by atoms with Gasteiger partial charge in [0, 0.05) is 30.3 Å². The molecule has 2 unspecified atom stereocenters. The average molecular weight is 380 g/mol. The van der Waals surface area contributed by atoms with Crippen LogP contribution in [0.5, 0.6) is 0 Å². The number of hydrogen-bond acceptors (Lipinski definition) is 2. The fraction of sp³-hybridized carbons (Fsp3) is 0.238. The maximum absolute atomic E-state index is 13.4. The van der Waals surface area contributed by atoms with Crippen LogP contribution in [-0.2, 0) is 0 Å². The average Bonchev–Trinajstić information content (AvgIpc) is 3.28. The third-order valence-corrected chi connectivity index (χ3v) is 5.19. The molecule has 4 rings (SSSR count). The maximum atomic E-state index is 13.4. The summed E-state index contributed by atoms with van der Waals surface area (Å²) in [4.78, 5) is 6.59. The number of nitrogens with zero attached hydrogens (tertiary/aromatic N) is 3. The van der Waals surface area contributed by atoms with E-state index in [0.29, 0.717) is 11.2 Å². The lowest BCUT2D eigenvalue weighted by molar-refractivity contribution is 0.559. The molecule has 2 aromatic heterocycles. The third-order valence-electron chi connectivity index (χ3n) is 4.88. The van der Waals surface area contributed by atoms with Crippen molar-refractivity contribution in [2.45, 2.75) is 32.0 Å². The Labute approximate surface area is 163 Å². The summed E-state index contributed by atoms with van der Waals surface area (Å²) >= 11 is 5.65. The van der Waals surface area contributed by atoms with Gasteiger partial charge in [-0.1, -0.05) is 6.07 Å². The van der Waals surface area contributed by atoms with Crippen LogP contribution in [0.1, 0.15) is 43.2 Å². The second-order valence-corrected chi connectivity index (χ2v) is 7.35. The van der Waals surface area contributed by atoms with Crippen LogP contribution in [0.2, 0.25) is 0 Å². The summed E-state index contributed by atoms with van der Waals surface area (Å²) in [5.74, 6) is -0.263. The molecule has 1 aliphatic rings. The number of hydrogen-bond donors (Lipinski definition) is 1. The van der Waals surface area contributed by atoms with Crippen molar-refractivity contribution in [1.29, 1.82) is 0 Å². The summed E-state index contributed by atoms with van der Waals surface area (Å²) in [6.45, 7) is 4.30. The fourth-order valence-electron chi connectivity index (χ4n) is 3.50. The predicted molar refractivity (Wildman–Crippen MR) is 109 cm³/mol. The van der Waals surface area contributed by atoms with Crippen LogP contribution < -0.4 is 10.2 Å². The fourth-order valence-corrected chi connectivity index (χ4v) is 3.85. The van der Waals surface area contributed by atoms with Crippen molar-refractivity contribution >= 4 is 23.0 Å². The summed E-state index contributed by atoms with van der Waals surface area (Å²) in [6, 6.07) is 14.6. The van der Waals surface area contributed by atoms with Gasteiger partial charge >= 0.3 is 0 Å². The molecule has 3 aromatic rings. The van der Waals surface area contributed by atoms with Crippen molar-refractivity contribution in [3.05, 3.63) is 84.2 Å². The van der Waals surface area contributed by atoms with Gasteiger partial charge < -0.3 is 14.8 Å². The molecular formula is C21H21FN4S. The van der Waals surface area contributed by atoms with Gasteiger partial charge in [-0.05, 0) is 74.1 Å². The van der Waals surface area contributed by atoms with Gasteiger partial charge in [0.05, 0.1) is 17.8 Å². The van der Waals surface area contributed by atoms with E-state index in [1.165, 1.54) is 12.1 Å². The summed E-state index contributed by atoms with van der Waals surface area (Å²) < 4.78 is 15.6. The molecular weight excluding hydrogens is 359 g/mol. The van der Waals surface area contributed by atoms with Gasteiger partial charge in [0.25, 0.3) is 0 Å². The van der Waals surface area contributed by atoms with Crippen molar-refractivity contribution in [2.24, 2.45) is 0 Å². The van der Waals surface area contributed by atoms with Crippen molar-refractivity contribution in [1.82, 2.24) is 14.9 Å². The molecule has 1 fully saturated rings. The van der Waals surface area contributed by atoms with Crippen LogP contribution in [-0.4, -0.2) is 14.7 Å². The van der Waals surface area contributed by atoms with Crippen LogP contribution in [0.15, 0.2) is 67.1 Å². The second kappa shape index (κ2) is 7.12. The molecule has 0 bridgehead atoms. The number of thiocarbonyl (C=S) groups is 1. The predicted octanol–water partition coefficient (Wildman–Crippen LogP) is 4.78. The van der Waals surface area contributed by atoms with E-state index in [9.17, 15) is 4.39 Å². The van der Waals surface area contributed by atoms with Gasteiger partial charge in [0.15, 0.2) is 5.11 Å². The third kappa shape index (κ3) is 3.32. The number of nitrogens with one attached hydrogen (secondary N) is 1. The van der Waals surface area contributed by atoms with Crippen molar-refractivity contribution in [3.63, 3.8) is 0 Å². The van der Waals surface area contributed by atoms with Gasteiger partial charge in [0.1, 0.15) is 5.82 Å². The molecule has 138 valence electrons. The van der Waals surface area contributed by atoms with Crippen molar-refractivity contribution < 1.29 is 4.39 Å². The molecule has 2 atom stereocenters. The summed E-state index contributed by atoms with van der Waals surface area (Å²) in [7, 11) is 0. The number of halogens is 1. The first-order valence-electron chi connectivity index (χ1n) is 8.98. The van der Waals surface area contributed by atoms with E-state index in [1.54, 1.807) is 18.3 Å². The Morgan fingerprint density at radius 2 is 1.89 bits per heavy atom. The molecule has 0 radical (unpaired) electrons. The molecule has 1 saturated heterocycles. The van der Waals surface area contributed by atoms with Crippen LogP contribution in [0.3, 0.4) is 0 Å². The highest BCUT2D eigenvalue weighted by Gasteiger charge is 2.41. The Hall–Kier alpha value is -2.73. The van der Waals surface area contributed by atoms with Gasteiger partial charge in [0.2, 0.25) is 0 Å². The molecule has 0 amide bonds. The molecule has 27 heavy (non-hydrogen) atoms. The van der Waals surface area contributed by atoms with E-state index in [-0.39, 0.29) is 17.9 Å². The highest BCUT2D eigenvalue weighted by Crippen LogP contribution is 2.41. The molecule has 1 aromatic carbocycles. The SMILES string of the molecule is CC(C)n1ccc(C2C(c3ccccn3)NC(=S)N2c2ccc(F)cc2)c1. The molecule has 0 spiro atoms. The van der Waals surface area contributed by atoms with Crippen LogP contribution >= 0.6 is 12.2 Å². The molecule has 4 nitrogen and oxygen atoms in total. The standard InChI is InChI=1S/C21H21FN4S/c1-14(2)25-12-10-15(13-25)20-19(18-5-3-4-11-23-18)24-21(27)26(20)17-8-6-16(22)7-9-17/h3-14,19-20H,1-2H3,(H,24,27). The van der Waals surface area contributed by atoms with Crippen LogP contribution in [0, 0.1) is 5.82 Å². The highest BCUT2D eigenvalue weighted by molar-refractivity contribution is 7.80. The van der Waals surface area contributed by atoms with Crippen LogP contribution in [0.4, 0.5) is 10.1 Å². The van der Waals surface area contributed by atoms with Gasteiger partial charge in [-0.25, -0.2) is 4.39 Å². The Kier molecular flexibility index (Phi) is 4.66. The van der Waals surface area contributed by atoms with Crippen molar-refractivity contribution in [2.75, 3.05) is 4.90 Å². The lowest BCUT2D eigenvalue weighted by Crippen LogP contribution is -2.29. The normalized spacial score (nSPS) is 19.6. The molecule has 0 aliphatic carbocycles. The maximum Gasteiger partial charge on any atom is 0.174 e. The van der Waals surface area contributed by atoms with E-state index < -0.39 is 0 Å². The zero-order valence-electron chi connectivity index (χ0n) is 15.2. The van der Waals surface area contributed by atoms with Gasteiger partial charge in [-0.2, -0.15) is 0 Å². The van der Waals surface area contributed by atoms with Gasteiger partial charge in [-0.15, -0.1) is 0 Å². The lowest BCUT2D eigenvalue weighted by Gasteiger charge is -2.27. The first kappa shape index (κ1) is 17.7. The monoisotopic (exact) mass is 380 g/mol. The summed E-state index contributed by atoms with van der Waals surface area (Å²) in [5.41, 5.74) is 2.91. The minimum absolute atomic E-state index is 0.0714. The first-order chi connectivity index (χ1) is 13.0. The largest absolute Gasteiger partial charge is 0.351 e. The lowest BCUT2D eigenvalue weighted by atomic mass is 9.98. The number of benzene rings is 1. The zero-order valence-corrected chi connectivity index (χ0v) is 16.0. The minimum Gasteiger partial charge on any atom is -0.351 e. The summed E-state index contributed by atoms with van der Waals surface area (Å²) in [6.07, 6.45) is 6.02. The number of rotatable bonds is 4. The Balaban J connectivity index is 1.81. The number of pyridine rings is 1. The minimum atomic E-state index is -0.263. The second-order valence-electron chi connectivity index (χ2n) is 6.96. The van der Waals surface area contributed by atoms with E-state index in [2.05, 4.69) is 47.2 Å². The number of anilines is 1. The van der Waals surface area contributed by atoms with Crippen molar-refractivity contribution in [3.8, 4) is 0 Å². The molecule has 0 saturated carbocycles. The van der Waals surface area contributed by atoms with Crippen LogP contribution in [0.25, 0.3) is 0 Å². The Morgan fingerprint density at radius 3 is 2.52 bits per heavy atom. The van der Waals surface area contributed by atoms with Gasteiger partial charge in [-0.3, -0.25) is 4.98 Å². The smallest absolute Gasteiger partial charge is 0.174 e. The molecule has 6 heteroatoms. The van der Waals surface area contributed by atoms with E-state index >= 15 is 0 Å². The first-order valence-corrected chi connectivity index (χ1v) is 9.39. The van der Waals surface area contributed by atoms with E-state index in [4.69, 9.17) is 12.2 Å².